The monoisotopic (exact) mass is 464 g/mol. The maximum Gasteiger partial charge on any atom is 0.224 e. The summed E-state index contributed by atoms with van der Waals surface area (Å²) in [5, 5.41) is 16.9. The first kappa shape index (κ1) is 24.6. The Balaban J connectivity index is 1.53. The molecular formula is C27H40N6O. The zero-order valence-corrected chi connectivity index (χ0v) is 20.9. The van der Waals surface area contributed by atoms with Crippen molar-refractivity contribution in [2.24, 2.45) is 0 Å². The number of hydrogen-bond donors (Lipinski definition) is 3. The summed E-state index contributed by atoms with van der Waals surface area (Å²) in [5.41, 5.74) is 4.37. The molecule has 7 heteroatoms. The molecule has 7 nitrogen and oxygen atoms in total. The number of anilines is 2. The fraction of sp³-hybridized carbons (Fsp3) is 0.593. The van der Waals surface area contributed by atoms with E-state index in [1.165, 1.54) is 11.1 Å². The highest BCUT2D eigenvalue weighted by Crippen LogP contribution is 2.30. The summed E-state index contributed by atoms with van der Waals surface area (Å²) in [7, 11) is 0. The van der Waals surface area contributed by atoms with Crippen LogP contribution in [0.2, 0.25) is 0 Å². The van der Waals surface area contributed by atoms with Crippen LogP contribution in [0.15, 0.2) is 30.6 Å². The van der Waals surface area contributed by atoms with Crippen LogP contribution in [0.4, 0.5) is 11.8 Å². The lowest BCUT2D eigenvalue weighted by Gasteiger charge is -2.29. The van der Waals surface area contributed by atoms with E-state index in [4.69, 9.17) is 9.97 Å². The van der Waals surface area contributed by atoms with Gasteiger partial charge in [0.05, 0.1) is 17.4 Å². The van der Waals surface area contributed by atoms with Crippen molar-refractivity contribution in [2.45, 2.75) is 83.9 Å². The van der Waals surface area contributed by atoms with Crippen LogP contribution in [0.3, 0.4) is 0 Å². The fourth-order valence-corrected chi connectivity index (χ4v) is 4.71. The van der Waals surface area contributed by atoms with Gasteiger partial charge in [-0.3, -0.25) is 9.88 Å². The van der Waals surface area contributed by atoms with Gasteiger partial charge in [-0.05, 0) is 69.6 Å². The van der Waals surface area contributed by atoms with Crippen molar-refractivity contribution in [3.8, 4) is 11.3 Å². The second-order valence-corrected chi connectivity index (χ2v) is 9.89. The summed E-state index contributed by atoms with van der Waals surface area (Å²) in [6.07, 6.45) is 12.8. The number of rotatable bonds is 9. The van der Waals surface area contributed by atoms with Gasteiger partial charge in [0.1, 0.15) is 5.82 Å². The van der Waals surface area contributed by atoms with Gasteiger partial charge in [0, 0.05) is 44.1 Å². The van der Waals surface area contributed by atoms with Crippen LogP contribution in [0, 0.1) is 0 Å². The summed E-state index contributed by atoms with van der Waals surface area (Å²) >= 11 is 0. The van der Waals surface area contributed by atoms with E-state index in [1.54, 1.807) is 0 Å². The van der Waals surface area contributed by atoms with Crippen LogP contribution in [0.1, 0.15) is 71.3 Å². The molecule has 0 spiro atoms. The minimum absolute atomic E-state index is 0.176. The summed E-state index contributed by atoms with van der Waals surface area (Å²) in [6.45, 7) is 9.64. The molecule has 2 aromatic rings. The van der Waals surface area contributed by atoms with Gasteiger partial charge in [-0.2, -0.15) is 4.98 Å². The Hall–Kier alpha value is -2.51. The quantitative estimate of drug-likeness (QED) is 0.452. The van der Waals surface area contributed by atoms with Crippen LogP contribution < -0.4 is 10.6 Å². The third kappa shape index (κ3) is 6.33. The molecule has 0 unspecified atom stereocenters. The first-order valence-corrected chi connectivity index (χ1v) is 13.0. The minimum atomic E-state index is -0.176. The van der Waals surface area contributed by atoms with Gasteiger partial charge < -0.3 is 15.7 Å². The number of nitrogens with one attached hydrogen (secondary N) is 2. The number of aromatic nitrogens is 3. The molecular weight excluding hydrogens is 424 g/mol. The Bertz CT molecular complexity index is 950. The summed E-state index contributed by atoms with van der Waals surface area (Å²) in [6, 6.07) is 5.14. The van der Waals surface area contributed by atoms with E-state index in [1.807, 2.05) is 12.4 Å². The second-order valence-electron chi connectivity index (χ2n) is 9.89. The average Bonchev–Trinajstić information content (AvgIpc) is 2.86. The molecule has 0 saturated heterocycles. The third-order valence-electron chi connectivity index (χ3n) is 7.02. The lowest BCUT2D eigenvalue weighted by molar-refractivity contribution is 0.126. The predicted molar refractivity (Wildman–Crippen MR) is 140 cm³/mol. The van der Waals surface area contributed by atoms with Gasteiger partial charge >= 0.3 is 0 Å². The molecule has 1 fully saturated rings. The number of hydrogen-bond acceptors (Lipinski definition) is 7. The van der Waals surface area contributed by atoms with E-state index >= 15 is 0 Å². The van der Waals surface area contributed by atoms with Gasteiger partial charge in [0.2, 0.25) is 5.95 Å². The molecule has 4 rings (SSSR count). The number of nitrogens with zero attached hydrogens (tertiary/aromatic N) is 4. The molecule has 0 radical (unpaired) electrons. The van der Waals surface area contributed by atoms with Crippen molar-refractivity contribution in [2.75, 3.05) is 30.3 Å². The average molecular weight is 465 g/mol. The molecule has 34 heavy (non-hydrogen) atoms. The first-order chi connectivity index (χ1) is 16.5. The topological polar surface area (TPSA) is 86.2 Å². The Kier molecular flexibility index (Phi) is 8.51. The van der Waals surface area contributed by atoms with E-state index in [2.05, 4.69) is 59.5 Å². The SMILES string of the molecule is CCCCNc1ncc(-c2ccc(C3=CCN(C(C)C)CC3)cn2)c(NC2CCC(O)CC2)n1. The molecule has 1 aliphatic carbocycles. The van der Waals surface area contributed by atoms with Crippen LogP contribution in [0.5, 0.6) is 0 Å². The van der Waals surface area contributed by atoms with E-state index in [-0.39, 0.29) is 6.10 Å². The first-order valence-electron chi connectivity index (χ1n) is 13.0. The van der Waals surface area contributed by atoms with Gasteiger partial charge in [0.25, 0.3) is 0 Å². The van der Waals surface area contributed by atoms with Crippen molar-refractivity contribution in [3.63, 3.8) is 0 Å². The molecule has 184 valence electrons. The highest BCUT2D eigenvalue weighted by molar-refractivity contribution is 5.74. The number of aliphatic hydroxyl groups excluding tert-OH is 1. The van der Waals surface area contributed by atoms with Crippen molar-refractivity contribution < 1.29 is 5.11 Å². The van der Waals surface area contributed by atoms with Crippen LogP contribution in [0.25, 0.3) is 16.8 Å². The highest BCUT2D eigenvalue weighted by Gasteiger charge is 2.22. The van der Waals surface area contributed by atoms with Crippen molar-refractivity contribution in [1.29, 1.82) is 0 Å². The molecule has 0 aromatic carbocycles. The normalized spacial score (nSPS) is 21.4. The molecule has 1 aliphatic heterocycles. The molecule has 2 aromatic heterocycles. The zero-order chi connectivity index (χ0) is 23.9. The van der Waals surface area contributed by atoms with E-state index in [0.717, 1.165) is 81.7 Å². The molecule has 2 aliphatic rings. The van der Waals surface area contributed by atoms with Crippen LogP contribution in [-0.2, 0) is 0 Å². The minimum Gasteiger partial charge on any atom is -0.393 e. The highest BCUT2D eigenvalue weighted by atomic mass is 16.3. The van der Waals surface area contributed by atoms with Gasteiger partial charge in [-0.15, -0.1) is 0 Å². The fourth-order valence-electron chi connectivity index (χ4n) is 4.71. The van der Waals surface area contributed by atoms with Crippen LogP contribution >= 0.6 is 0 Å². The smallest absolute Gasteiger partial charge is 0.224 e. The maximum absolute atomic E-state index is 9.88. The Morgan fingerprint density at radius 2 is 1.94 bits per heavy atom. The molecule has 0 atom stereocenters. The molecule has 1 saturated carbocycles. The molecule has 0 amide bonds. The maximum atomic E-state index is 9.88. The third-order valence-corrected chi connectivity index (χ3v) is 7.02. The predicted octanol–water partition coefficient (Wildman–Crippen LogP) is 4.96. The molecule has 3 N–H and O–H groups in total. The van der Waals surface area contributed by atoms with Crippen molar-refractivity contribution in [3.05, 3.63) is 36.2 Å². The van der Waals surface area contributed by atoms with Gasteiger partial charge in [0.15, 0.2) is 0 Å². The molecule has 3 heterocycles. The standard InChI is InChI=1S/C27H40N6O/c1-4-5-14-28-27-30-18-24(26(32-27)31-22-7-9-23(34)10-8-22)25-11-6-21(17-29-25)20-12-15-33(16-13-20)19(2)3/h6,11-12,17-19,22-23,34H,4-5,7-10,13-16H2,1-3H3,(H2,28,30,31,32). The zero-order valence-electron chi connectivity index (χ0n) is 20.9. The second kappa shape index (κ2) is 11.8. The molecule has 0 bridgehead atoms. The lowest BCUT2D eigenvalue weighted by Crippen LogP contribution is -2.34. The lowest BCUT2D eigenvalue weighted by atomic mass is 9.93. The summed E-state index contributed by atoms with van der Waals surface area (Å²) < 4.78 is 0. The van der Waals surface area contributed by atoms with Crippen LogP contribution in [-0.4, -0.2) is 62.8 Å². The van der Waals surface area contributed by atoms with Crippen molar-refractivity contribution >= 4 is 17.3 Å². The largest absolute Gasteiger partial charge is 0.393 e. The summed E-state index contributed by atoms with van der Waals surface area (Å²) in [4.78, 5) is 16.7. The van der Waals surface area contributed by atoms with Gasteiger partial charge in [-0.1, -0.05) is 25.5 Å². The van der Waals surface area contributed by atoms with E-state index < -0.39 is 0 Å². The Labute approximate surface area is 204 Å². The van der Waals surface area contributed by atoms with E-state index in [9.17, 15) is 5.11 Å². The number of aliphatic hydroxyl groups is 1. The number of unbranched alkanes of at least 4 members (excludes halogenated alkanes) is 1. The van der Waals surface area contributed by atoms with Crippen molar-refractivity contribution in [1.82, 2.24) is 19.9 Å². The van der Waals surface area contributed by atoms with Gasteiger partial charge in [-0.25, -0.2) is 4.98 Å². The Morgan fingerprint density at radius 1 is 1.12 bits per heavy atom. The summed E-state index contributed by atoms with van der Waals surface area (Å²) in [5.74, 6) is 1.47. The number of pyridine rings is 1. The van der Waals surface area contributed by atoms with E-state index in [0.29, 0.717) is 18.0 Å². The Morgan fingerprint density at radius 3 is 2.59 bits per heavy atom.